The van der Waals surface area contributed by atoms with E-state index in [4.69, 9.17) is 16.7 Å². The summed E-state index contributed by atoms with van der Waals surface area (Å²) in [5, 5.41) is 9.39. The summed E-state index contributed by atoms with van der Waals surface area (Å²) in [6, 6.07) is 9.54. The fraction of sp³-hybridized carbons (Fsp3) is 0.0714. The Bertz CT molecular complexity index is 664. The number of rotatable bonds is 4. The molecule has 2 nitrogen and oxygen atoms in total. The highest BCUT2D eigenvalue weighted by Crippen LogP contribution is 2.28. The number of hydrogen-bond acceptors (Lipinski definition) is 2. The number of thioether (sulfide) groups is 1. The molecule has 104 valence electrons. The van der Waals surface area contributed by atoms with Crippen molar-refractivity contribution in [1.29, 1.82) is 0 Å². The van der Waals surface area contributed by atoms with Crippen molar-refractivity contribution in [3.05, 3.63) is 62.8 Å². The van der Waals surface area contributed by atoms with Gasteiger partial charge in [0.05, 0.1) is 5.56 Å². The van der Waals surface area contributed by atoms with Gasteiger partial charge in [0, 0.05) is 20.1 Å². The summed E-state index contributed by atoms with van der Waals surface area (Å²) in [7, 11) is 0. The van der Waals surface area contributed by atoms with E-state index in [1.165, 1.54) is 17.8 Å². The first kappa shape index (κ1) is 15.4. The highest BCUT2D eigenvalue weighted by atomic mass is 79.9. The third-order valence-corrected chi connectivity index (χ3v) is 4.55. The highest BCUT2D eigenvalue weighted by Gasteiger charge is 2.10. The maximum atomic E-state index is 13.6. The van der Waals surface area contributed by atoms with Gasteiger partial charge in [-0.05, 0) is 51.8 Å². The molecule has 0 amide bonds. The van der Waals surface area contributed by atoms with E-state index in [-0.39, 0.29) is 11.4 Å². The molecule has 0 bridgehead atoms. The zero-order valence-corrected chi connectivity index (χ0v) is 13.2. The second kappa shape index (κ2) is 6.61. The lowest BCUT2D eigenvalue weighted by atomic mass is 10.2. The van der Waals surface area contributed by atoms with Crippen LogP contribution in [0, 0.1) is 5.82 Å². The normalized spacial score (nSPS) is 10.6. The van der Waals surface area contributed by atoms with Crippen molar-refractivity contribution < 1.29 is 14.3 Å². The lowest BCUT2D eigenvalue weighted by Crippen LogP contribution is -1.97. The molecule has 0 heterocycles. The third-order valence-electron chi connectivity index (χ3n) is 2.58. The van der Waals surface area contributed by atoms with Crippen molar-refractivity contribution in [3.63, 3.8) is 0 Å². The van der Waals surface area contributed by atoms with E-state index in [1.54, 1.807) is 30.3 Å². The molecule has 0 saturated heterocycles. The lowest BCUT2D eigenvalue weighted by molar-refractivity contribution is 0.0695. The van der Waals surface area contributed by atoms with Crippen molar-refractivity contribution in [1.82, 2.24) is 0 Å². The fourth-order valence-electron chi connectivity index (χ4n) is 1.56. The van der Waals surface area contributed by atoms with Crippen LogP contribution in [-0.4, -0.2) is 11.1 Å². The maximum absolute atomic E-state index is 13.6. The van der Waals surface area contributed by atoms with Crippen LogP contribution in [0.4, 0.5) is 4.39 Å². The molecule has 0 radical (unpaired) electrons. The van der Waals surface area contributed by atoms with Gasteiger partial charge in [-0.25, -0.2) is 9.18 Å². The van der Waals surface area contributed by atoms with Crippen LogP contribution >= 0.6 is 39.3 Å². The first-order valence-electron chi connectivity index (χ1n) is 5.57. The molecule has 0 fully saturated rings. The minimum atomic E-state index is -1.00. The van der Waals surface area contributed by atoms with Crippen LogP contribution in [0.25, 0.3) is 0 Å². The summed E-state index contributed by atoms with van der Waals surface area (Å²) in [6.07, 6.45) is 0. The lowest BCUT2D eigenvalue weighted by Gasteiger charge is -2.06. The molecule has 0 atom stereocenters. The van der Waals surface area contributed by atoms with E-state index in [1.807, 2.05) is 0 Å². The molecular weight excluding hydrogens is 367 g/mol. The smallest absolute Gasteiger partial charge is 0.336 e. The Morgan fingerprint density at radius 2 is 2.05 bits per heavy atom. The highest BCUT2D eigenvalue weighted by molar-refractivity contribution is 9.10. The molecule has 0 aliphatic carbocycles. The van der Waals surface area contributed by atoms with E-state index in [0.29, 0.717) is 20.8 Å². The van der Waals surface area contributed by atoms with E-state index in [9.17, 15) is 9.18 Å². The Balaban J connectivity index is 2.15. The summed E-state index contributed by atoms with van der Waals surface area (Å²) in [6.45, 7) is 0. The molecule has 2 rings (SSSR count). The van der Waals surface area contributed by atoms with Crippen LogP contribution in [0.2, 0.25) is 5.02 Å². The van der Waals surface area contributed by atoms with Gasteiger partial charge in [0.2, 0.25) is 0 Å². The van der Waals surface area contributed by atoms with E-state index in [0.717, 1.165) is 4.90 Å². The molecule has 0 aliphatic rings. The quantitative estimate of drug-likeness (QED) is 0.743. The maximum Gasteiger partial charge on any atom is 0.336 e. The fourth-order valence-corrected chi connectivity index (χ4v) is 3.05. The monoisotopic (exact) mass is 374 g/mol. The molecular formula is C14H9BrClFO2S. The molecule has 1 N–H and O–H groups in total. The molecule has 0 saturated carbocycles. The van der Waals surface area contributed by atoms with Crippen molar-refractivity contribution in [3.8, 4) is 0 Å². The van der Waals surface area contributed by atoms with Gasteiger partial charge in [-0.1, -0.05) is 17.7 Å². The van der Waals surface area contributed by atoms with Gasteiger partial charge in [0.25, 0.3) is 0 Å². The summed E-state index contributed by atoms with van der Waals surface area (Å²) < 4.78 is 14.1. The van der Waals surface area contributed by atoms with Gasteiger partial charge in [-0.15, -0.1) is 11.8 Å². The van der Waals surface area contributed by atoms with Crippen molar-refractivity contribution in [2.45, 2.75) is 10.6 Å². The standard InChI is InChI=1S/C14H9BrClFO2S/c15-12-4-3-10(6-11(12)14(18)19)20-7-8-1-2-9(16)5-13(8)17/h1-6H,7H2,(H,18,19). The minimum absolute atomic E-state index is 0.187. The molecule has 20 heavy (non-hydrogen) atoms. The first-order chi connectivity index (χ1) is 9.47. The molecule has 0 unspecified atom stereocenters. The second-order valence-corrected chi connectivity index (χ2v) is 6.31. The van der Waals surface area contributed by atoms with E-state index in [2.05, 4.69) is 15.9 Å². The van der Waals surface area contributed by atoms with E-state index >= 15 is 0 Å². The number of carbonyl (C=O) groups is 1. The summed E-state index contributed by atoms with van der Waals surface area (Å²) in [4.78, 5) is 11.8. The van der Waals surface area contributed by atoms with Gasteiger partial charge >= 0.3 is 5.97 Å². The largest absolute Gasteiger partial charge is 0.478 e. The number of carboxylic acids is 1. The predicted octanol–water partition coefficient (Wildman–Crippen LogP) is 5.23. The number of halogens is 3. The Labute approximate surface area is 133 Å². The summed E-state index contributed by atoms with van der Waals surface area (Å²) in [5.41, 5.74) is 0.714. The number of aromatic carboxylic acids is 1. The Kier molecular flexibility index (Phi) is 5.07. The summed E-state index contributed by atoms with van der Waals surface area (Å²) in [5.74, 6) is -0.957. The predicted molar refractivity (Wildman–Crippen MR) is 82.1 cm³/mol. The van der Waals surface area contributed by atoms with Crippen molar-refractivity contribution >= 4 is 45.3 Å². The Morgan fingerprint density at radius 3 is 2.70 bits per heavy atom. The zero-order valence-electron chi connectivity index (χ0n) is 10.1. The van der Waals surface area contributed by atoms with Crippen molar-refractivity contribution in [2.75, 3.05) is 0 Å². The molecule has 0 spiro atoms. The molecule has 6 heteroatoms. The average molecular weight is 376 g/mol. The van der Waals surface area contributed by atoms with Gasteiger partial charge in [-0.3, -0.25) is 0 Å². The number of hydrogen-bond donors (Lipinski definition) is 1. The topological polar surface area (TPSA) is 37.3 Å². The van der Waals surface area contributed by atoms with Crippen molar-refractivity contribution in [2.24, 2.45) is 0 Å². The van der Waals surface area contributed by atoms with Gasteiger partial charge < -0.3 is 5.11 Å². The SMILES string of the molecule is O=C(O)c1cc(SCc2ccc(Cl)cc2F)ccc1Br. The van der Waals surface area contributed by atoms with Gasteiger partial charge in [0.1, 0.15) is 5.82 Å². The Morgan fingerprint density at radius 1 is 1.30 bits per heavy atom. The van der Waals surface area contributed by atoms with Crippen LogP contribution in [0.3, 0.4) is 0 Å². The average Bonchev–Trinajstić information content (AvgIpc) is 2.39. The molecule has 0 aliphatic heterocycles. The zero-order chi connectivity index (χ0) is 14.7. The summed E-state index contributed by atoms with van der Waals surface area (Å²) >= 11 is 10.2. The van der Waals surface area contributed by atoms with Crippen LogP contribution in [0.1, 0.15) is 15.9 Å². The van der Waals surface area contributed by atoms with Crippen LogP contribution in [0.5, 0.6) is 0 Å². The molecule has 0 aromatic heterocycles. The molecule has 2 aromatic carbocycles. The van der Waals surface area contributed by atoms with Gasteiger partial charge in [-0.2, -0.15) is 0 Å². The molecule has 2 aromatic rings. The van der Waals surface area contributed by atoms with Crippen LogP contribution in [0.15, 0.2) is 45.8 Å². The number of carboxylic acid groups (broad SMARTS) is 1. The van der Waals surface area contributed by atoms with Crippen LogP contribution < -0.4 is 0 Å². The Hall–Kier alpha value is -1.04. The number of benzene rings is 2. The minimum Gasteiger partial charge on any atom is -0.478 e. The van der Waals surface area contributed by atoms with Crippen LogP contribution in [-0.2, 0) is 5.75 Å². The van der Waals surface area contributed by atoms with Gasteiger partial charge in [0.15, 0.2) is 0 Å². The third kappa shape index (κ3) is 3.75. The first-order valence-corrected chi connectivity index (χ1v) is 7.72. The second-order valence-electron chi connectivity index (χ2n) is 3.97. The van der Waals surface area contributed by atoms with E-state index < -0.39 is 5.97 Å².